The van der Waals surface area contributed by atoms with Gasteiger partial charge in [-0.2, -0.15) is 0 Å². The van der Waals surface area contributed by atoms with Crippen molar-refractivity contribution < 1.29 is 5.11 Å². The number of benzene rings is 2. The molecule has 0 amide bonds. The highest BCUT2D eigenvalue weighted by atomic mass is 35.5. The van der Waals surface area contributed by atoms with E-state index in [-0.39, 0.29) is 0 Å². The minimum atomic E-state index is -0.893. The molecule has 0 fully saturated rings. The van der Waals surface area contributed by atoms with Gasteiger partial charge in [-0.05, 0) is 62.1 Å². The van der Waals surface area contributed by atoms with Crippen LogP contribution in [0.25, 0.3) is 0 Å². The van der Waals surface area contributed by atoms with Gasteiger partial charge in [0.15, 0.2) is 0 Å². The zero-order valence-electron chi connectivity index (χ0n) is 12.5. The van der Waals surface area contributed by atoms with Gasteiger partial charge in [0.25, 0.3) is 0 Å². The molecule has 0 aliphatic heterocycles. The molecule has 0 aliphatic rings. The van der Waals surface area contributed by atoms with Crippen LogP contribution >= 0.6 is 11.6 Å². The molecular formula is C18H21ClO. The molecule has 1 unspecified atom stereocenters. The Bertz CT molecular complexity index is 589. The van der Waals surface area contributed by atoms with Gasteiger partial charge < -0.3 is 5.11 Å². The van der Waals surface area contributed by atoms with Crippen LogP contribution in [0.1, 0.15) is 34.7 Å². The Hall–Kier alpha value is -1.31. The van der Waals surface area contributed by atoms with Gasteiger partial charge in [-0.1, -0.05) is 41.4 Å². The van der Waals surface area contributed by atoms with E-state index in [2.05, 4.69) is 32.9 Å². The van der Waals surface area contributed by atoms with Gasteiger partial charge in [0, 0.05) is 11.4 Å². The second-order valence-corrected chi connectivity index (χ2v) is 6.27. The molecule has 1 atom stereocenters. The monoisotopic (exact) mass is 288 g/mol. The molecule has 2 aromatic carbocycles. The molecule has 20 heavy (non-hydrogen) atoms. The van der Waals surface area contributed by atoms with E-state index in [0.29, 0.717) is 11.4 Å². The first-order valence-corrected chi connectivity index (χ1v) is 7.22. The Morgan fingerprint density at radius 2 is 1.50 bits per heavy atom. The smallest absolute Gasteiger partial charge is 0.0908 e. The van der Waals surface area contributed by atoms with Crippen LogP contribution in [0.3, 0.4) is 0 Å². The lowest BCUT2D eigenvalue weighted by molar-refractivity contribution is 0.0573. The van der Waals surface area contributed by atoms with Gasteiger partial charge in [-0.15, -0.1) is 0 Å². The van der Waals surface area contributed by atoms with Gasteiger partial charge in [-0.3, -0.25) is 0 Å². The van der Waals surface area contributed by atoms with Crippen LogP contribution in [0, 0.1) is 20.8 Å². The third kappa shape index (κ3) is 3.23. The van der Waals surface area contributed by atoms with E-state index >= 15 is 0 Å². The first-order valence-electron chi connectivity index (χ1n) is 6.85. The summed E-state index contributed by atoms with van der Waals surface area (Å²) in [4.78, 5) is 0. The van der Waals surface area contributed by atoms with Crippen molar-refractivity contribution in [3.8, 4) is 0 Å². The molecule has 2 aromatic rings. The Labute approximate surface area is 126 Å². The maximum Gasteiger partial charge on any atom is 0.0908 e. The summed E-state index contributed by atoms with van der Waals surface area (Å²) in [7, 11) is 0. The molecule has 0 saturated heterocycles. The number of rotatable bonds is 3. The van der Waals surface area contributed by atoms with Crippen LogP contribution in [0.15, 0.2) is 36.4 Å². The largest absolute Gasteiger partial charge is 0.385 e. The van der Waals surface area contributed by atoms with Crippen LogP contribution in [0.4, 0.5) is 0 Å². The van der Waals surface area contributed by atoms with Crippen molar-refractivity contribution in [1.82, 2.24) is 0 Å². The third-order valence-electron chi connectivity index (χ3n) is 3.83. The minimum Gasteiger partial charge on any atom is -0.385 e. The first-order chi connectivity index (χ1) is 9.29. The summed E-state index contributed by atoms with van der Waals surface area (Å²) in [6.45, 7) is 8.16. The van der Waals surface area contributed by atoms with Gasteiger partial charge in [0.05, 0.1) is 5.60 Å². The molecule has 1 nitrogen and oxygen atoms in total. The molecule has 0 radical (unpaired) electrons. The average molecular weight is 289 g/mol. The lowest BCUT2D eigenvalue weighted by Gasteiger charge is -2.26. The second-order valence-electron chi connectivity index (χ2n) is 5.83. The van der Waals surface area contributed by atoms with E-state index in [0.717, 1.165) is 5.56 Å². The molecule has 0 aromatic heterocycles. The molecule has 1 N–H and O–H groups in total. The number of hydrogen-bond donors (Lipinski definition) is 1. The molecule has 2 heteroatoms. The predicted molar refractivity (Wildman–Crippen MR) is 85.4 cm³/mol. The lowest BCUT2D eigenvalue weighted by atomic mass is 9.85. The summed E-state index contributed by atoms with van der Waals surface area (Å²) in [6.07, 6.45) is 0.604. The summed E-state index contributed by atoms with van der Waals surface area (Å²) in [5.41, 5.74) is 4.94. The van der Waals surface area contributed by atoms with E-state index < -0.39 is 5.60 Å². The predicted octanol–water partition coefficient (Wildman–Crippen LogP) is 4.72. The van der Waals surface area contributed by atoms with Crippen molar-refractivity contribution in [2.24, 2.45) is 0 Å². The fraction of sp³-hybridized carbons (Fsp3) is 0.333. The maximum atomic E-state index is 10.8. The first kappa shape index (κ1) is 15.1. The van der Waals surface area contributed by atoms with Gasteiger partial charge in [0.2, 0.25) is 0 Å². The highest BCUT2D eigenvalue weighted by Gasteiger charge is 2.25. The average Bonchev–Trinajstić information content (AvgIpc) is 2.34. The van der Waals surface area contributed by atoms with Crippen LogP contribution in [0.5, 0.6) is 0 Å². The van der Waals surface area contributed by atoms with Gasteiger partial charge in [-0.25, -0.2) is 0 Å². The normalized spacial score (nSPS) is 14.1. The Morgan fingerprint density at radius 3 is 2.00 bits per heavy atom. The Morgan fingerprint density at radius 1 is 1.00 bits per heavy atom. The maximum absolute atomic E-state index is 10.8. The third-order valence-corrected chi connectivity index (χ3v) is 4.08. The molecule has 0 saturated carbocycles. The van der Waals surface area contributed by atoms with Crippen LogP contribution in [0.2, 0.25) is 5.02 Å². The number of aryl methyl sites for hydroxylation is 3. The van der Waals surface area contributed by atoms with E-state index in [9.17, 15) is 5.11 Å². The molecule has 0 heterocycles. The highest BCUT2D eigenvalue weighted by Crippen LogP contribution is 2.29. The number of aliphatic hydroxyl groups is 1. The zero-order chi connectivity index (χ0) is 14.9. The van der Waals surface area contributed by atoms with E-state index in [1.54, 1.807) is 0 Å². The van der Waals surface area contributed by atoms with Crippen molar-refractivity contribution in [3.05, 3.63) is 69.2 Å². The fourth-order valence-electron chi connectivity index (χ4n) is 2.74. The van der Waals surface area contributed by atoms with Gasteiger partial charge in [0.1, 0.15) is 0 Å². The van der Waals surface area contributed by atoms with E-state index in [4.69, 9.17) is 11.6 Å². The highest BCUT2D eigenvalue weighted by molar-refractivity contribution is 6.30. The summed E-state index contributed by atoms with van der Waals surface area (Å²) in [5.74, 6) is 0. The minimum absolute atomic E-state index is 0.604. The molecule has 106 valence electrons. The lowest BCUT2D eigenvalue weighted by Crippen LogP contribution is -2.25. The summed E-state index contributed by atoms with van der Waals surface area (Å²) >= 11 is 5.91. The van der Waals surface area contributed by atoms with Crippen LogP contribution in [-0.4, -0.2) is 5.11 Å². The summed E-state index contributed by atoms with van der Waals surface area (Å²) < 4.78 is 0. The molecule has 0 bridgehead atoms. The quantitative estimate of drug-likeness (QED) is 0.867. The van der Waals surface area contributed by atoms with Crippen molar-refractivity contribution in [2.45, 2.75) is 39.7 Å². The van der Waals surface area contributed by atoms with Gasteiger partial charge >= 0.3 is 0 Å². The van der Waals surface area contributed by atoms with Crippen molar-refractivity contribution in [1.29, 1.82) is 0 Å². The zero-order valence-corrected chi connectivity index (χ0v) is 13.3. The fourth-order valence-corrected chi connectivity index (χ4v) is 2.87. The SMILES string of the molecule is Cc1cc(C)c(CC(C)(O)c2ccc(Cl)cc2)c(C)c1. The van der Waals surface area contributed by atoms with Crippen molar-refractivity contribution in [2.75, 3.05) is 0 Å². The van der Waals surface area contributed by atoms with Crippen LogP contribution in [-0.2, 0) is 12.0 Å². The molecular weight excluding hydrogens is 268 g/mol. The topological polar surface area (TPSA) is 20.2 Å². The number of halogens is 1. The van der Waals surface area contributed by atoms with Crippen molar-refractivity contribution in [3.63, 3.8) is 0 Å². The molecule has 0 spiro atoms. The summed E-state index contributed by atoms with van der Waals surface area (Å²) in [6, 6.07) is 11.8. The van der Waals surface area contributed by atoms with Crippen LogP contribution < -0.4 is 0 Å². The van der Waals surface area contributed by atoms with E-state index in [1.807, 2.05) is 31.2 Å². The number of hydrogen-bond acceptors (Lipinski definition) is 1. The standard InChI is InChI=1S/C18H21ClO/c1-12-9-13(2)17(14(3)10-12)11-18(4,20)15-5-7-16(19)8-6-15/h5-10,20H,11H2,1-4H3. The molecule has 2 rings (SSSR count). The summed E-state index contributed by atoms with van der Waals surface area (Å²) in [5, 5.41) is 11.5. The Balaban J connectivity index is 2.35. The van der Waals surface area contributed by atoms with Crippen molar-refractivity contribution >= 4 is 11.6 Å². The van der Waals surface area contributed by atoms with E-state index in [1.165, 1.54) is 22.3 Å². The molecule has 0 aliphatic carbocycles. The Kier molecular flexibility index (Phi) is 4.22. The second kappa shape index (κ2) is 5.59.